The number of nitrogens with one attached hydrogen (secondary N) is 1. The summed E-state index contributed by atoms with van der Waals surface area (Å²) in [6.07, 6.45) is 1.58. The molecule has 2 atom stereocenters. The van der Waals surface area contributed by atoms with Gasteiger partial charge >= 0.3 is 0 Å². The van der Waals surface area contributed by atoms with E-state index in [1.165, 1.54) is 25.4 Å². The van der Waals surface area contributed by atoms with Gasteiger partial charge < -0.3 is 20.5 Å². The van der Waals surface area contributed by atoms with Crippen molar-refractivity contribution in [1.29, 1.82) is 0 Å². The lowest BCUT2D eigenvalue weighted by molar-refractivity contribution is -0.130. The van der Waals surface area contributed by atoms with Crippen molar-refractivity contribution in [3.8, 4) is 5.75 Å². The first kappa shape index (κ1) is 21.7. The lowest BCUT2D eigenvalue weighted by atomic mass is 9.85. The Morgan fingerprint density at radius 1 is 1.37 bits per heavy atom. The van der Waals surface area contributed by atoms with E-state index in [2.05, 4.69) is 10.3 Å². The molecule has 1 aliphatic heterocycles. The maximum atomic E-state index is 14.3. The molecular formula is C22H26FN3O4. The Bertz CT molecular complexity index is 977. The third-order valence-electron chi connectivity index (χ3n) is 5.25. The number of hydrogen-bond donors (Lipinski definition) is 2. The Kier molecular flexibility index (Phi) is 6.07. The largest absolute Gasteiger partial charge is 0.496 e. The topological polar surface area (TPSA) is 104 Å². The highest BCUT2D eigenvalue weighted by Gasteiger charge is 2.46. The van der Waals surface area contributed by atoms with Crippen molar-refractivity contribution < 1.29 is 23.5 Å². The zero-order valence-corrected chi connectivity index (χ0v) is 17.5. The SMILES string of the molecule is CCc1c(F)ccc([C@H]2CC(C)(C)O[C@@H]2C(=O)Nc2ccnc(C(N)=O)c2)c1OC. The van der Waals surface area contributed by atoms with E-state index >= 15 is 0 Å². The third kappa shape index (κ3) is 4.28. The smallest absolute Gasteiger partial charge is 0.267 e. The van der Waals surface area contributed by atoms with Crippen LogP contribution in [-0.4, -0.2) is 35.6 Å². The van der Waals surface area contributed by atoms with Crippen LogP contribution in [0.2, 0.25) is 0 Å². The van der Waals surface area contributed by atoms with Crippen LogP contribution in [-0.2, 0) is 16.0 Å². The van der Waals surface area contributed by atoms with Crippen LogP contribution in [0.25, 0.3) is 0 Å². The summed E-state index contributed by atoms with van der Waals surface area (Å²) in [6, 6.07) is 6.02. The number of carbonyl (C=O) groups excluding carboxylic acids is 2. The third-order valence-corrected chi connectivity index (χ3v) is 5.25. The number of pyridine rings is 1. The number of nitrogens with two attached hydrogens (primary N) is 1. The van der Waals surface area contributed by atoms with E-state index in [1.807, 2.05) is 20.8 Å². The van der Waals surface area contributed by atoms with Gasteiger partial charge in [-0.05, 0) is 44.9 Å². The standard InChI is InChI=1S/C22H26FN3O4/c1-5-13-16(23)7-6-14(18(13)29-4)15-11-22(2,3)30-19(15)21(28)26-12-8-9-25-17(10-12)20(24)27/h6-10,15,19H,5,11H2,1-4H3,(H2,24,27)(H,25,26,28)/t15-,19+/m1/s1. The number of carbonyl (C=O) groups is 2. The van der Waals surface area contributed by atoms with Crippen molar-refractivity contribution in [2.75, 3.05) is 12.4 Å². The fourth-order valence-corrected chi connectivity index (χ4v) is 3.96. The minimum atomic E-state index is -0.825. The molecule has 3 N–H and O–H groups in total. The highest BCUT2D eigenvalue weighted by atomic mass is 19.1. The Hall–Kier alpha value is -3.00. The van der Waals surface area contributed by atoms with Crippen LogP contribution in [0.15, 0.2) is 30.5 Å². The Morgan fingerprint density at radius 2 is 2.10 bits per heavy atom. The number of amides is 2. The number of halogens is 1. The lowest BCUT2D eigenvalue weighted by Gasteiger charge is -2.22. The van der Waals surface area contributed by atoms with Crippen molar-refractivity contribution in [3.63, 3.8) is 0 Å². The molecule has 8 heteroatoms. The van der Waals surface area contributed by atoms with Gasteiger partial charge in [-0.15, -0.1) is 0 Å². The fourth-order valence-electron chi connectivity index (χ4n) is 3.96. The molecule has 2 aromatic rings. The minimum absolute atomic E-state index is 0.0461. The number of ether oxygens (including phenoxy) is 2. The minimum Gasteiger partial charge on any atom is -0.496 e. The molecule has 0 spiro atoms. The molecule has 1 aliphatic rings. The van der Waals surface area contributed by atoms with Gasteiger partial charge in [0.25, 0.3) is 11.8 Å². The maximum absolute atomic E-state index is 14.3. The fraction of sp³-hybridized carbons (Fsp3) is 0.409. The number of methoxy groups -OCH3 is 1. The number of rotatable bonds is 6. The molecule has 30 heavy (non-hydrogen) atoms. The van der Waals surface area contributed by atoms with Crippen LogP contribution >= 0.6 is 0 Å². The average Bonchev–Trinajstić information content (AvgIpc) is 3.03. The normalized spacial score (nSPS) is 20.0. The number of benzene rings is 1. The monoisotopic (exact) mass is 415 g/mol. The Balaban J connectivity index is 1.95. The molecule has 3 rings (SSSR count). The van der Waals surface area contributed by atoms with Crippen molar-refractivity contribution in [2.45, 2.75) is 51.2 Å². The Morgan fingerprint density at radius 3 is 2.73 bits per heavy atom. The quantitative estimate of drug-likeness (QED) is 0.754. The van der Waals surface area contributed by atoms with Crippen LogP contribution in [0, 0.1) is 5.82 Å². The average molecular weight is 415 g/mol. The van der Waals surface area contributed by atoms with Gasteiger partial charge in [0.1, 0.15) is 23.4 Å². The van der Waals surface area contributed by atoms with E-state index in [4.69, 9.17) is 15.2 Å². The van der Waals surface area contributed by atoms with E-state index in [0.717, 1.165) is 5.56 Å². The van der Waals surface area contributed by atoms with Crippen LogP contribution in [0.3, 0.4) is 0 Å². The zero-order chi connectivity index (χ0) is 22.1. The highest BCUT2D eigenvalue weighted by molar-refractivity contribution is 5.97. The number of primary amides is 1. The summed E-state index contributed by atoms with van der Waals surface area (Å²) in [4.78, 5) is 28.3. The molecule has 0 unspecified atom stereocenters. The summed E-state index contributed by atoms with van der Waals surface area (Å²) in [5, 5.41) is 2.77. The van der Waals surface area contributed by atoms with Crippen LogP contribution < -0.4 is 15.8 Å². The lowest BCUT2D eigenvalue weighted by Crippen LogP contribution is -2.33. The summed E-state index contributed by atoms with van der Waals surface area (Å²) in [5.74, 6) is -1.30. The van der Waals surface area contributed by atoms with Gasteiger partial charge in [-0.25, -0.2) is 4.39 Å². The van der Waals surface area contributed by atoms with Gasteiger partial charge in [0.15, 0.2) is 0 Å². The second kappa shape index (κ2) is 8.39. The van der Waals surface area contributed by atoms with Gasteiger partial charge in [0.2, 0.25) is 0 Å². The second-order valence-electron chi connectivity index (χ2n) is 7.89. The molecule has 2 heterocycles. The second-order valence-corrected chi connectivity index (χ2v) is 7.89. The van der Waals surface area contributed by atoms with Crippen molar-refractivity contribution >= 4 is 17.5 Å². The van der Waals surface area contributed by atoms with E-state index in [-0.39, 0.29) is 23.3 Å². The summed E-state index contributed by atoms with van der Waals surface area (Å²) in [7, 11) is 1.50. The van der Waals surface area contributed by atoms with Crippen molar-refractivity contribution in [1.82, 2.24) is 4.98 Å². The molecule has 0 aliphatic carbocycles. The molecule has 0 bridgehead atoms. The first-order chi connectivity index (χ1) is 14.2. The number of hydrogen-bond acceptors (Lipinski definition) is 5. The van der Waals surface area contributed by atoms with Crippen LogP contribution in [0.4, 0.5) is 10.1 Å². The van der Waals surface area contributed by atoms with Crippen LogP contribution in [0.1, 0.15) is 54.7 Å². The van der Waals surface area contributed by atoms with E-state index in [9.17, 15) is 14.0 Å². The molecule has 160 valence electrons. The van der Waals surface area contributed by atoms with Crippen LogP contribution in [0.5, 0.6) is 5.75 Å². The predicted molar refractivity (Wildman–Crippen MR) is 110 cm³/mol. The molecule has 0 radical (unpaired) electrons. The highest BCUT2D eigenvalue weighted by Crippen LogP contribution is 2.45. The zero-order valence-electron chi connectivity index (χ0n) is 17.5. The molecule has 7 nitrogen and oxygen atoms in total. The molecule has 0 saturated carbocycles. The Labute approximate surface area is 174 Å². The first-order valence-electron chi connectivity index (χ1n) is 9.76. The maximum Gasteiger partial charge on any atom is 0.267 e. The number of aromatic nitrogens is 1. The molecule has 1 saturated heterocycles. The van der Waals surface area contributed by atoms with Gasteiger partial charge in [-0.1, -0.05) is 13.0 Å². The van der Waals surface area contributed by atoms with E-state index in [0.29, 0.717) is 29.8 Å². The number of nitrogens with zero attached hydrogens (tertiary/aromatic N) is 1. The first-order valence-corrected chi connectivity index (χ1v) is 9.76. The molecular weight excluding hydrogens is 389 g/mol. The predicted octanol–water partition coefficient (Wildman–Crippen LogP) is 3.18. The number of anilines is 1. The van der Waals surface area contributed by atoms with E-state index < -0.39 is 17.6 Å². The van der Waals surface area contributed by atoms with Crippen molar-refractivity contribution in [3.05, 3.63) is 53.1 Å². The summed E-state index contributed by atoms with van der Waals surface area (Å²) in [6.45, 7) is 5.66. The summed E-state index contributed by atoms with van der Waals surface area (Å²) in [5.41, 5.74) is 6.33. The molecule has 1 fully saturated rings. The molecule has 1 aromatic carbocycles. The molecule has 2 amide bonds. The summed E-state index contributed by atoms with van der Waals surface area (Å²) < 4.78 is 25.9. The molecule has 1 aromatic heterocycles. The van der Waals surface area contributed by atoms with Gasteiger partial charge in [-0.3, -0.25) is 14.6 Å². The van der Waals surface area contributed by atoms with Gasteiger partial charge in [0.05, 0.1) is 12.7 Å². The summed E-state index contributed by atoms with van der Waals surface area (Å²) >= 11 is 0. The van der Waals surface area contributed by atoms with E-state index in [1.54, 1.807) is 12.1 Å². The van der Waals surface area contributed by atoms with Gasteiger partial charge in [-0.2, -0.15) is 0 Å². The van der Waals surface area contributed by atoms with Gasteiger partial charge in [0, 0.05) is 28.9 Å². The van der Waals surface area contributed by atoms with Crippen molar-refractivity contribution in [2.24, 2.45) is 5.73 Å².